The van der Waals surface area contributed by atoms with Gasteiger partial charge in [-0.3, -0.25) is 4.79 Å². The lowest BCUT2D eigenvalue weighted by molar-refractivity contribution is -0.137. The van der Waals surface area contributed by atoms with Gasteiger partial charge in [0.15, 0.2) is 0 Å². The molecule has 0 spiro atoms. The van der Waals surface area contributed by atoms with Crippen molar-refractivity contribution in [2.24, 2.45) is 11.8 Å². The van der Waals surface area contributed by atoms with Crippen LogP contribution in [0.1, 0.15) is 49.7 Å². The topological polar surface area (TPSA) is 41.6 Å². The Morgan fingerprint density at radius 2 is 1.78 bits per heavy atom. The monoisotopic (exact) mass is 392 g/mol. The van der Waals surface area contributed by atoms with Gasteiger partial charge in [-0.1, -0.05) is 25.0 Å². The molecule has 1 aromatic rings. The van der Waals surface area contributed by atoms with Crippen LogP contribution >= 0.6 is 12.4 Å². The first-order chi connectivity index (χ1) is 12.6. The van der Waals surface area contributed by atoms with Crippen molar-refractivity contribution in [2.75, 3.05) is 33.3 Å². The van der Waals surface area contributed by atoms with E-state index < -0.39 is 0 Å². The van der Waals surface area contributed by atoms with E-state index in [0.29, 0.717) is 5.91 Å². The number of nitrogens with one attached hydrogen (secondary N) is 1. The van der Waals surface area contributed by atoms with Crippen LogP contribution in [-0.4, -0.2) is 44.1 Å². The molecular formula is C22H33ClN2O2. The number of carbonyl (C=O) groups is 1. The predicted octanol–water partition coefficient (Wildman–Crippen LogP) is 3.70. The molecule has 1 aliphatic carbocycles. The minimum absolute atomic E-state index is 0. The Bertz CT molecular complexity index is 658. The van der Waals surface area contributed by atoms with E-state index in [2.05, 4.69) is 35.3 Å². The predicted molar refractivity (Wildman–Crippen MR) is 111 cm³/mol. The van der Waals surface area contributed by atoms with E-state index in [-0.39, 0.29) is 17.8 Å². The van der Waals surface area contributed by atoms with E-state index in [1.165, 1.54) is 0 Å². The number of nitrogens with zero attached hydrogens (tertiary/aromatic N) is 1. The molecule has 0 unspecified atom stereocenters. The Morgan fingerprint density at radius 3 is 2.37 bits per heavy atom. The van der Waals surface area contributed by atoms with E-state index in [0.717, 1.165) is 93.4 Å². The fraction of sp³-hybridized carbons (Fsp3) is 0.682. The molecule has 2 atom stereocenters. The molecule has 2 aliphatic heterocycles. The van der Waals surface area contributed by atoms with Crippen molar-refractivity contribution in [3.8, 4) is 5.75 Å². The van der Waals surface area contributed by atoms with Crippen LogP contribution in [0.15, 0.2) is 18.2 Å². The maximum absolute atomic E-state index is 13.7. The molecule has 1 saturated carbocycles. The van der Waals surface area contributed by atoms with E-state index in [1.807, 2.05) is 0 Å². The van der Waals surface area contributed by atoms with Gasteiger partial charge in [-0.2, -0.15) is 0 Å². The molecule has 5 heteroatoms. The normalized spacial score (nSPS) is 26.8. The lowest BCUT2D eigenvalue weighted by Gasteiger charge is -2.35. The molecule has 2 heterocycles. The van der Waals surface area contributed by atoms with E-state index >= 15 is 0 Å². The highest BCUT2D eigenvalue weighted by atomic mass is 35.5. The van der Waals surface area contributed by atoms with Crippen molar-refractivity contribution in [3.63, 3.8) is 0 Å². The molecule has 150 valence electrons. The molecule has 0 aromatic heterocycles. The minimum atomic E-state index is -0.335. The summed E-state index contributed by atoms with van der Waals surface area (Å²) in [6, 6.07) is 6.40. The smallest absolute Gasteiger partial charge is 0.233 e. The first-order valence-electron chi connectivity index (χ1n) is 10.3. The van der Waals surface area contributed by atoms with Gasteiger partial charge in [0.1, 0.15) is 5.75 Å². The minimum Gasteiger partial charge on any atom is -0.496 e. The summed E-state index contributed by atoms with van der Waals surface area (Å²) in [5.41, 5.74) is 1.96. The Balaban J connectivity index is 0.00000210. The molecule has 3 fully saturated rings. The quantitative estimate of drug-likeness (QED) is 0.852. The summed E-state index contributed by atoms with van der Waals surface area (Å²) in [5.74, 6) is 2.78. The molecule has 1 N–H and O–H groups in total. The van der Waals surface area contributed by atoms with Crippen molar-refractivity contribution in [1.82, 2.24) is 10.2 Å². The van der Waals surface area contributed by atoms with E-state index in [1.54, 1.807) is 7.11 Å². The molecule has 1 aromatic carbocycles. The number of hydrogen-bond acceptors (Lipinski definition) is 3. The van der Waals surface area contributed by atoms with Crippen LogP contribution < -0.4 is 10.1 Å². The van der Waals surface area contributed by atoms with E-state index in [9.17, 15) is 4.79 Å². The highest BCUT2D eigenvalue weighted by molar-refractivity contribution is 5.89. The first-order valence-corrected chi connectivity index (χ1v) is 10.3. The highest BCUT2D eigenvalue weighted by Gasteiger charge is 2.46. The van der Waals surface area contributed by atoms with Gasteiger partial charge in [-0.05, 0) is 74.7 Å². The number of amides is 1. The van der Waals surface area contributed by atoms with Crippen LogP contribution in [0, 0.1) is 18.8 Å². The molecule has 27 heavy (non-hydrogen) atoms. The summed E-state index contributed by atoms with van der Waals surface area (Å²) in [5, 5.41) is 3.53. The van der Waals surface area contributed by atoms with Gasteiger partial charge < -0.3 is 15.0 Å². The van der Waals surface area contributed by atoms with Gasteiger partial charge in [0.2, 0.25) is 5.91 Å². The van der Waals surface area contributed by atoms with Gasteiger partial charge >= 0.3 is 0 Å². The SMILES string of the molecule is COc1cc(C2(C(=O)N3CC[C@@H]4CNC[C@@H]4CC3)CCCC2)ccc1C.Cl. The average Bonchev–Trinajstić information content (AvgIpc) is 3.28. The van der Waals surface area contributed by atoms with Gasteiger partial charge in [0.05, 0.1) is 12.5 Å². The third-order valence-corrected chi connectivity index (χ3v) is 7.13. The average molecular weight is 393 g/mol. The number of aryl methyl sites for hydroxylation is 1. The Morgan fingerprint density at radius 1 is 1.15 bits per heavy atom. The zero-order valence-electron chi connectivity index (χ0n) is 16.6. The lowest BCUT2D eigenvalue weighted by atomic mass is 9.77. The van der Waals surface area contributed by atoms with Crippen LogP contribution in [-0.2, 0) is 10.2 Å². The maximum Gasteiger partial charge on any atom is 0.233 e. The largest absolute Gasteiger partial charge is 0.496 e. The first kappa shape index (κ1) is 20.5. The van der Waals surface area contributed by atoms with Crippen LogP contribution in [0.5, 0.6) is 5.75 Å². The van der Waals surface area contributed by atoms with Crippen molar-refractivity contribution in [1.29, 1.82) is 0 Å². The second-order valence-corrected chi connectivity index (χ2v) is 8.52. The number of carbonyl (C=O) groups excluding carboxylic acids is 1. The fourth-order valence-electron chi connectivity index (χ4n) is 5.45. The Kier molecular flexibility index (Phi) is 6.37. The summed E-state index contributed by atoms with van der Waals surface area (Å²) < 4.78 is 5.55. The number of likely N-dealkylation sites (tertiary alicyclic amines) is 1. The van der Waals surface area contributed by atoms with Gasteiger partial charge in [-0.15, -0.1) is 12.4 Å². The van der Waals surface area contributed by atoms with E-state index in [4.69, 9.17) is 4.74 Å². The van der Waals surface area contributed by atoms with Crippen molar-refractivity contribution < 1.29 is 9.53 Å². The zero-order valence-corrected chi connectivity index (χ0v) is 17.4. The molecule has 1 amide bonds. The number of fused-ring (bicyclic) bond motifs is 1. The number of rotatable bonds is 3. The van der Waals surface area contributed by atoms with Crippen LogP contribution in [0.25, 0.3) is 0 Å². The molecule has 0 bridgehead atoms. The number of methoxy groups -OCH3 is 1. The molecule has 4 nitrogen and oxygen atoms in total. The number of halogens is 1. The second-order valence-electron chi connectivity index (χ2n) is 8.52. The molecule has 2 saturated heterocycles. The maximum atomic E-state index is 13.7. The molecule has 4 rings (SSSR count). The van der Waals surface area contributed by atoms with Crippen molar-refractivity contribution in [2.45, 2.75) is 50.9 Å². The van der Waals surface area contributed by atoms with Crippen molar-refractivity contribution >= 4 is 18.3 Å². The number of benzene rings is 1. The number of hydrogen-bond donors (Lipinski definition) is 1. The summed E-state index contributed by atoms with van der Waals surface area (Å²) in [6.07, 6.45) is 6.54. The third kappa shape index (κ3) is 3.71. The molecule has 0 radical (unpaired) electrons. The molecule has 3 aliphatic rings. The lowest BCUT2D eigenvalue weighted by Crippen LogP contribution is -2.46. The Labute approximate surface area is 169 Å². The highest BCUT2D eigenvalue weighted by Crippen LogP contribution is 2.44. The van der Waals surface area contributed by atoms with Gasteiger partial charge in [0.25, 0.3) is 0 Å². The van der Waals surface area contributed by atoms with Gasteiger partial charge in [-0.25, -0.2) is 0 Å². The Hall–Kier alpha value is -1.26. The van der Waals surface area contributed by atoms with Gasteiger partial charge in [0, 0.05) is 13.1 Å². The summed E-state index contributed by atoms with van der Waals surface area (Å²) in [4.78, 5) is 15.9. The van der Waals surface area contributed by atoms with Crippen LogP contribution in [0.4, 0.5) is 0 Å². The zero-order chi connectivity index (χ0) is 18.1. The third-order valence-electron chi connectivity index (χ3n) is 7.13. The summed E-state index contributed by atoms with van der Waals surface area (Å²) >= 11 is 0. The second kappa shape index (κ2) is 8.40. The standard InChI is InChI=1S/C22H32N2O2.ClH/c1-16-5-6-19(13-20(16)26-2)22(9-3-4-10-22)21(25)24-11-7-17-14-23-15-18(17)8-12-24;/h5-6,13,17-18,23H,3-4,7-12,14-15H2,1-2H3;1H/t17-,18+;. The molecular weight excluding hydrogens is 360 g/mol. The number of ether oxygens (including phenoxy) is 1. The van der Waals surface area contributed by atoms with Crippen molar-refractivity contribution in [3.05, 3.63) is 29.3 Å². The van der Waals surface area contributed by atoms with Crippen LogP contribution in [0.3, 0.4) is 0 Å². The summed E-state index contributed by atoms with van der Waals surface area (Å²) in [7, 11) is 1.72. The van der Waals surface area contributed by atoms with Crippen LogP contribution in [0.2, 0.25) is 0 Å². The summed E-state index contributed by atoms with van der Waals surface area (Å²) in [6.45, 7) is 6.17. The fourth-order valence-corrected chi connectivity index (χ4v) is 5.45.